The Hall–Kier alpha value is -5.08. The van der Waals surface area contributed by atoms with Crippen LogP contribution in [-0.2, 0) is 5.41 Å². The van der Waals surface area contributed by atoms with Gasteiger partial charge in [0.25, 0.3) is 0 Å². The maximum Gasteiger partial charge on any atom is 0.213 e. The number of benzene rings is 3. The Labute approximate surface area is 258 Å². The van der Waals surface area contributed by atoms with Gasteiger partial charge in [-0.15, -0.1) is 0 Å². The minimum Gasteiger partial charge on any atom is -0.457 e. The van der Waals surface area contributed by atoms with Crippen LogP contribution in [0.15, 0.2) is 91.5 Å². The molecule has 0 saturated heterocycles. The fraction of sp³-hybridized carbons (Fsp3) is 0.167. The Kier molecular flexibility index (Phi) is 5.86. The highest BCUT2D eigenvalue weighted by molar-refractivity contribution is 7.24. The van der Waals surface area contributed by atoms with Gasteiger partial charge in [-0.1, -0.05) is 50.3 Å². The zero-order valence-corrected chi connectivity index (χ0v) is 26.0. The molecule has 5 aromatic heterocycles. The molecular weight excluding hydrogens is 565 g/mol. The summed E-state index contributed by atoms with van der Waals surface area (Å²) in [4.78, 5) is 14.9. The average Bonchev–Trinajstić information content (AvgIpc) is 3.70. The van der Waals surface area contributed by atoms with E-state index < -0.39 is 0 Å². The highest BCUT2D eigenvalue weighted by Gasteiger charge is 2.20. The van der Waals surface area contributed by atoms with Crippen LogP contribution in [0.2, 0.25) is 0 Å². The number of para-hydroxylation sites is 1. The SMILES string of the molecule is Cc1cnc(-c2cc(Oc3ccc4c5ccccc5n(-c5cc(C(C)(C)C)ccn5)c4c3)cc3c2sc2ncnn23)cc1C. The molecule has 0 saturated carbocycles. The van der Waals surface area contributed by atoms with E-state index in [9.17, 15) is 0 Å². The second-order valence-electron chi connectivity index (χ2n) is 12.3. The predicted molar refractivity (Wildman–Crippen MR) is 178 cm³/mol. The molecule has 0 fully saturated rings. The Morgan fingerprint density at radius 2 is 1.57 bits per heavy atom. The molecule has 0 spiro atoms. The highest BCUT2D eigenvalue weighted by atomic mass is 32.1. The summed E-state index contributed by atoms with van der Waals surface area (Å²) in [5, 5.41) is 6.81. The molecule has 0 N–H and O–H groups in total. The first-order chi connectivity index (χ1) is 21.2. The fourth-order valence-electron chi connectivity index (χ4n) is 5.83. The van der Waals surface area contributed by atoms with Gasteiger partial charge in [0.1, 0.15) is 23.6 Å². The van der Waals surface area contributed by atoms with Crippen LogP contribution < -0.4 is 4.74 Å². The zero-order chi connectivity index (χ0) is 30.2. The van der Waals surface area contributed by atoms with Crippen LogP contribution in [0.5, 0.6) is 11.5 Å². The monoisotopic (exact) mass is 594 g/mol. The largest absolute Gasteiger partial charge is 0.457 e. The van der Waals surface area contributed by atoms with Gasteiger partial charge >= 0.3 is 0 Å². The molecule has 7 nitrogen and oxygen atoms in total. The van der Waals surface area contributed by atoms with Gasteiger partial charge in [0, 0.05) is 40.9 Å². The van der Waals surface area contributed by atoms with E-state index in [0.717, 1.165) is 60.0 Å². The van der Waals surface area contributed by atoms with Crippen LogP contribution in [0.25, 0.3) is 54.1 Å². The van der Waals surface area contributed by atoms with Crippen molar-refractivity contribution in [3.63, 3.8) is 0 Å². The average molecular weight is 595 g/mol. The Bertz CT molecular complexity index is 2390. The standard InChI is InChI=1S/C36H30N6OS/c1-21-14-29(38-19-22(21)2)28-16-25(18-32-34(28)44-35-39-20-40-42(32)35)43-24-10-11-27-26-8-6-7-9-30(26)41(31(27)17-24)33-15-23(12-13-37-33)36(3,4)5/h6-20H,1-5H3. The summed E-state index contributed by atoms with van der Waals surface area (Å²) in [5.41, 5.74) is 8.56. The van der Waals surface area contributed by atoms with Crippen LogP contribution in [0.1, 0.15) is 37.5 Å². The third-order valence-corrected chi connectivity index (χ3v) is 9.44. The van der Waals surface area contributed by atoms with Gasteiger partial charge in [-0.3, -0.25) is 9.55 Å². The molecule has 3 aromatic carbocycles. The summed E-state index contributed by atoms with van der Waals surface area (Å²) >= 11 is 1.60. The van der Waals surface area contributed by atoms with Gasteiger partial charge in [-0.25, -0.2) is 14.5 Å². The van der Waals surface area contributed by atoms with Crippen LogP contribution in [0.4, 0.5) is 0 Å². The van der Waals surface area contributed by atoms with Crippen LogP contribution in [-0.4, -0.2) is 29.1 Å². The van der Waals surface area contributed by atoms with E-state index in [1.54, 1.807) is 17.7 Å². The molecule has 8 heteroatoms. The van der Waals surface area contributed by atoms with Gasteiger partial charge in [0.05, 0.1) is 26.9 Å². The van der Waals surface area contributed by atoms with Crippen molar-refractivity contribution in [3.05, 3.63) is 108 Å². The molecule has 8 rings (SSSR count). The van der Waals surface area contributed by atoms with Crippen molar-refractivity contribution in [3.8, 4) is 28.6 Å². The predicted octanol–water partition coefficient (Wildman–Crippen LogP) is 9.20. The number of aryl methyl sites for hydroxylation is 2. The molecule has 44 heavy (non-hydrogen) atoms. The van der Waals surface area contributed by atoms with E-state index in [2.05, 4.69) is 110 Å². The van der Waals surface area contributed by atoms with Crippen LogP contribution in [0, 0.1) is 13.8 Å². The molecule has 0 aliphatic heterocycles. The molecule has 0 atom stereocenters. The lowest BCUT2D eigenvalue weighted by Gasteiger charge is -2.20. The first-order valence-electron chi connectivity index (χ1n) is 14.6. The summed E-state index contributed by atoms with van der Waals surface area (Å²) in [6, 6.07) is 25.3. The number of ether oxygens (including phenoxy) is 1. The maximum atomic E-state index is 6.65. The fourth-order valence-corrected chi connectivity index (χ4v) is 6.87. The summed E-state index contributed by atoms with van der Waals surface area (Å²) in [6.45, 7) is 10.9. The molecule has 0 aliphatic carbocycles. The molecule has 0 radical (unpaired) electrons. The molecule has 0 unspecified atom stereocenters. The number of aromatic nitrogens is 6. The summed E-state index contributed by atoms with van der Waals surface area (Å²) in [6.07, 6.45) is 5.42. The van der Waals surface area contributed by atoms with Crippen LogP contribution >= 0.6 is 11.3 Å². The molecule has 8 aromatic rings. The van der Waals surface area contributed by atoms with E-state index >= 15 is 0 Å². The van der Waals surface area contributed by atoms with E-state index in [1.165, 1.54) is 16.5 Å². The Morgan fingerprint density at radius 3 is 2.41 bits per heavy atom. The number of hydrogen-bond donors (Lipinski definition) is 0. The number of pyridine rings is 2. The lowest BCUT2D eigenvalue weighted by atomic mass is 9.88. The normalized spacial score (nSPS) is 12.2. The Balaban J connectivity index is 1.30. The number of fused-ring (bicyclic) bond motifs is 6. The third-order valence-electron chi connectivity index (χ3n) is 8.35. The van der Waals surface area contributed by atoms with E-state index in [4.69, 9.17) is 14.7 Å². The van der Waals surface area contributed by atoms with Crippen molar-refractivity contribution in [1.82, 2.24) is 29.1 Å². The summed E-state index contributed by atoms with van der Waals surface area (Å²) < 4.78 is 11.8. The van der Waals surface area contributed by atoms with Gasteiger partial charge in [-0.05, 0) is 78.4 Å². The minimum atomic E-state index is 0.00307. The van der Waals surface area contributed by atoms with E-state index in [0.29, 0.717) is 5.75 Å². The molecule has 0 amide bonds. The van der Waals surface area contributed by atoms with Crippen molar-refractivity contribution in [2.24, 2.45) is 0 Å². The molecule has 5 heterocycles. The zero-order valence-electron chi connectivity index (χ0n) is 25.2. The van der Waals surface area contributed by atoms with Crippen molar-refractivity contribution < 1.29 is 4.74 Å². The van der Waals surface area contributed by atoms with Crippen molar-refractivity contribution in [1.29, 1.82) is 0 Å². The minimum absolute atomic E-state index is 0.00307. The van der Waals surface area contributed by atoms with E-state index in [-0.39, 0.29) is 5.41 Å². The smallest absolute Gasteiger partial charge is 0.213 e. The first kappa shape index (κ1) is 26.5. The number of thiazole rings is 1. The van der Waals surface area contributed by atoms with Crippen molar-refractivity contribution in [2.45, 2.75) is 40.0 Å². The lowest BCUT2D eigenvalue weighted by molar-refractivity contribution is 0.484. The maximum absolute atomic E-state index is 6.65. The van der Waals surface area contributed by atoms with Crippen molar-refractivity contribution in [2.75, 3.05) is 0 Å². The van der Waals surface area contributed by atoms with Crippen molar-refractivity contribution >= 4 is 48.3 Å². The van der Waals surface area contributed by atoms with Crippen LogP contribution in [0.3, 0.4) is 0 Å². The second kappa shape index (κ2) is 9.72. The first-order valence-corrected chi connectivity index (χ1v) is 15.4. The quantitative estimate of drug-likeness (QED) is 0.203. The topological polar surface area (TPSA) is 70.1 Å². The molecular formula is C36H30N6OS. The summed E-state index contributed by atoms with van der Waals surface area (Å²) in [7, 11) is 0. The molecule has 216 valence electrons. The third kappa shape index (κ3) is 4.25. The van der Waals surface area contributed by atoms with Gasteiger partial charge in [-0.2, -0.15) is 5.10 Å². The van der Waals surface area contributed by atoms with Gasteiger partial charge < -0.3 is 4.74 Å². The lowest BCUT2D eigenvalue weighted by Crippen LogP contribution is -2.12. The van der Waals surface area contributed by atoms with Gasteiger partial charge in [0.15, 0.2) is 0 Å². The molecule has 0 bridgehead atoms. The number of hydrogen-bond acceptors (Lipinski definition) is 6. The second-order valence-corrected chi connectivity index (χ2v) is 13.3. The summed E-state index contributed by atoms with van der Waals surface area (Å²) in [5.74, 6) is 2.33. The van der Waals surface area contributed by atoms with Gasteiger partial charge in [0.2, 0.25) is 4.96 Å². The molecule has 0 aliphatic rings. The Morgan fingerprint density at radius 1 is 0.750 bits per heavy atom. The highest BCUT2D eigenvalue weighted by Crippen LogP contribution is 2.40. The number of rotatable bonds is 4. The number of nitrogens with zero attached hydrogens (tertiary/aromatic N) is 6. The van der Waals surface area contributed by atoms with E-state index in [1.807, 2.05) is 29.0 Å².